The largest absolute Gasteiger partial charge is 0.486 e. The number of nitrogens with zero attached hydrogens (tertiary/aromatic N) is 5. The van der Waals surface area contributed by atoms with E-state index in [-0.39, 0.29) is 17.8 Å². The smallest absolute Gasteiger partial charge is 0.300 e. The predicted octanol–water partition coefficient (Wildman–Crippen LogP) is 3.31. The fourth-order valence-electron chi connectivity index (χ4n) is 4.48. The second-order valence-corrected chi connectivity index (χ2v) is 11.1. The second kappa shape index (κ2) is 9.58. The molecule has 0 amide bonds. The van der Waals surface area contributed by atoms with E-state index >= 15 is 0 Å². The van der Waals surface area contributed by atoms with Crippen molar-refractivity contribution in [1.82, 2.24) is 14.3 Å². The molecule has 4 heterocycles. The van der Waals surface area contributed by atoms with Crippen LogP contribution in [0.25, 0.3) is 11.3 Å². The Morgan fingerprint density at radius 2 is 1.89 bits per heavy atom. The number of pyridine rings is 1. The van der Waals surface area contributed by atoms with Crippen LogP contribution in [0.3, 0.4) is 0 Å². The molecular weight excluding hydrogens is 487 g/mol. The topological polar surface area (TPSA) is 104 Å². The average Bonchev–Trinajstić information content (AvgIpc) is 3.32. The number of sulfonamides is 1. The van der Waals surface area contributed by atoms with Gasteiger partial charge in [-0.05, 0) is 38.1 Å². The summed E-state index contributed by atoms with van der Waals surface area (Å²) in [5, 5.41) is 3.03. The molecule has 1 N–H and O–H groups in total. The Balaban J connectivity index is 1.27. The highest BCUT2D eigenvalue weighted by molar-refractivity contribution is 7.88. The maximum Gasteiger partial charge on any atom is 0.300 e. The summed E-state index contributed by atoms with van der Waals surface area (Å²) in [7, 11) is -3.17. The first-order chi connectivity index (χ1) is 17.2. The molecular formula is C24H29FN6O4S. The highest BCUT2D eigenvalue weighted by atomic mass is 32.2. The summed E-state index contributed by atoms with van der Waals surface area (Å²) in [5.41, 5.74) is 2.70. The zero-order chi connectivity index (χ0) is 25.4. The Morgan fingerprint density at radius 3 is 2.56 bits per heavy atom. The molecule has 0 saturated carbocycles. The SMILES string of the molecule is CC(C)N1CCOc2c(F)cc(-c3coc(Nc4ccc(N5CCN(S(C)(=O)=O)CC5)cn4)n3)cc21. The number of oxazole rings is 1. The van der Waals surface area contributed by atoms with Crippen molar-refractivity contribution in [3.05, 3.63) is 42.5 Å². The van der Waals surface area contributed by atoms with Crippen LogP contribution in [0.1, 0.15) is 13.8 Å². The van der Waals surface area contributed by atoms with Crippen LogP contribution in [0, 0.1) is 5.82 Å². The average molecular weight is 517 g/mol. The molecule has 1 fully saturated rings. The van der Waals surface area contributed by atoms with Crippen molar-refractivity contribution >= 4 is 33.2 Å². The number of anilines is 4. The van der Waals surface area contributed by atoms with Crippen LogP contribution in [0.5, 0.6) is 5.75 Å². The summed E-state index contributed by atoms with van der Waals surface area (Å²) in [6.07, 6.45) is 4.43. The van der Waals surface area contributed by atoms with E-state index in [2.05, 4.69) is 38.9 Å². The van der Waals surface area contributed by atoms with Gasteiger partial charge < -0.3 is 19.0 Å². The first-order valence-corrected chi connectivity index (χ1v) is 13.7. The third-order valence-corrected chi connectivity index (χ3v) is 7.69. The number of hydrogen-bond acceptors (Lipinski definition) is 9. The highest BCUT2D eigenvalue weighted by Gasteiger charge is 2.26. The highest BCUT2D eigenvalue weighted by Crippen LogP contribution is 2.39. The minimum absolute atomic E-state index is 0.203. The lowest BCUT2D eigenvalue weighted by Crippen LogP contribution is -2.48. The molecule has 36 heavy (non-hydrogen) atoms. The van der Waals surface area contributed by atoms with Crippen LogP contribution in [0.15, 0.2) is 41.1 Å². The second-order valence-electron chi connectivity index (χ2n) is 9.16. The van der Waals surface area contributed by atoms with E-state index in [0.717, 1.165) is 5.69 Å². The van der Waals surface area contributed by atoms with Crippen molar-refractivity contribution in [2.75, 3.05) is 60.7 Å². The number of nitrogens with one attached hydrogen (secondary N) is 1. The van der Waals surface area contributed by atoms with E-state index in [1.54, 1.807) is 12.3 Å². The zero-order valence-electron chi connectivity index (χ0n) is 20.4. The molecule has 2 aliphatic heterocycles. The molecule has 1 saturated heterocycles. The lowest BCUT2D eigenvalue weighted by molar-refractivity contribution is 0.287. The Labute approximate surface area is 209 Å². The number of rotatable bonds is 6. The third-order valence-electron chi connectivity index (χ3n) is 6.39. The van der Waals surface area contributed by atoms with Gasteiger partial charge in [0.2, 0.25) is 10.0 Å². The summed E-state index contributed by atoms with van der Waals surface area (Å²) in [6, 6.07) is 7.43. The number of halogens is 1. The first kappa shape index (κ1) is 24.3. The molecule has 0 unspecified atom stereocenters. The quantitative estimate of drug-likeness (QED) is 0.528. The molecule has 0 spiro atoms. The summed E-state index contributed by atoms with van der Waals surface area (Å²) in [5.74, 6) is 0.375. The van der Waals surface area contributed by atoms with Crippen LogP contribution < -0.4 is 19.9 Å². The molecule has 1 aromatic carbocycles. The Morgan fingerprint density at radius 1 is 1.11 bits per heavy atom. The van der Waals surface area contributed by atoms with Crippen LogP contribution in [-0.2, 0) is 10.0 Å². The van der Waals surface area contributed by atoms with Gasteiger partial charge in [-0.25, -0.2) is 17.8 Å². The van der Waals surface area contributed by atoms with Crippen molar-refractivity contribution in [2.24, 2.45) is 0 Å². The fourth-order valence-corrected chi connectivity index (χ4v) is 5.31. The minimum atomic E-state index is -3.17. The van der Waals surface area contributed by atoms with E-state index < -0.39 is 15.8 Å². The number of piperazine rings is 1. The lowest BCUT2D eigenvalue weighted by atomic mass is 10.1. The van der Waals surface area contributed by atoms with Crippen molar-refractivity contribution in [3.8, 4) is 17.0 Å². The van der Waals surface area contributed by atoms with Gasteiger partial charge in [-0.1, -0.05) is 0 Å². The maximum atomic E-state index is 14.8. The fraction of sp³-hybridized carbons (Fsp3) is 0.417. The molecule has 0 radical (unpaired) electrons. The van der Waals surface area contributed by atoms with Crippen LogP contribution in [0.2, 0.25) is 0 Å². The van der Waals surface area contributed by atoms with Crippen LogP contribution in [0.4, 0.5) is 27.6 Å². The summed E-state index contributed by atoms with van der Waals surface area (Å²) in [4.78, 5) is 13.1. The van der Waals surface area contributed by atoms with E-state index in [1.807, 2.05) is 12.1 Å². The number of aromatic nitrogens is 2. The zero-order valence-corrected chi connectivity index (χ0v) is 21.3. The number of ether oxygens (including phenoxy) is 1. The molecule has 0 aliphatic carbocycles. The Hall–Kier alpha value is -3.38. The molecule has 2 aliphatic rings. The van der Waals surface area contributed by atoms with Crippen molar-refractivity contribution in [3.63, 3.8) is 0 Å². The van der Waals surface area contributed by atoms with Gasteiger partial charge in [0.1, 0.15) is 24.4 Å². The molecule has 0 atom stereocenters. The number of hydrogen-bond donors (Lipinski definition) is 1. The van der Waals surface area contributed by atoms with Gasteiger partial charge in [-0.3, -0.25) is 5.32 Å². The van der Waals surface area contributed by atoms with Gasteiger partial charge in [0.25, 0.3) is 0 Å². The standard InChI is InChI=1S/C24H29FN6O4S/c1-16(2)31-10-11-34-23-19(25)12-17(13-21(23)31)20-15-35-24(27-20)28-22-5-4-18(14-26-22)29-6-8-30(9-7-29)36(3,32)33/h4-5,12-16H,6-11H2,1-3H3,(H,26,27,28). The minimum Gasteiger partial charge on any atom is -0.486 e. The maximum absolute atomic E-state index is 14.8. The molecule has 12 heteroatoms. The first-order valence-electron chi connectivity index (χ1n) is 11.8. The molecule has 10 nitrogen and oxygen atoms in total. The summed E-state index contributed by atoms with van der Waals surface area (Å²) in [6.45, 7) is 7.35. The summed E-state index contributed by atoms with van der Waals surface area (Å²) < 4.78 is 50.8. The molecule has 0 bridgehead atoms. The van der Waals surface area contributed by atoms with Gasteiger partial charge in [0.05, 0.1) is 30.4 Å². The van der Waals surface area contributed by atoms with E-state index in [4.69, 9.17) is 9.15 Å². The van der Waals surface area contributed by atoms with E-state index in [0.29, 0.717) is 62.1 Å². The molecule has 2 aromatic heterocycles. The molecule has 3 aromatic rings. The third kappa shape index (κ3) is 4.96. The predicted molar refractivity (Wildman–Crippen MR) is 136 cm³/mol. The van der Waals surface area contributed by atoms with Crippen molar-refractivity contribution in [1.29, 1.82) is 0 Å². The molecule has 192 valence electrons. The Kier molecular flexibility index (Phi) is 6.47. The van der Waals surface area contributed by atoms with E-state index in [1.165, 1.54) is 22.9 Å². The van der Waals surface area contributed by atoms with Crippen LogP contribution in [-0.4, -0.2) is 74.3 Å². The van der Waals surface area contributed by atoms with Gasteiger partial charge in [-0.15, -0.1) is 0 Å². The Bertz CT molecular complexity index is 1340. The normalized spacial score (nSPS) is 16.7. The van der Waals surface area contributed by atoms with Gasteiger partial charge >= 0.3 is 6.01 Å². The van der Waals surface area contributed by atoms with Crippen molar-refractivity contribution < 1.29 is 22.0 Å². The monoisotopic (exact) mass is 516 g/mol. The van der Waals surface area contributed by atoms with Crippen LogP contribution >= 0.6 is 0 Å². The van der Waals surface area contributed by atoms with Gasteiger partial charge in [0.15, 0.2) is 11.6 Å². The number of fused-ring (bicyclic) bond motifs is 1. The lowest BCUT2D eigenvalue weighted by Gasteiger charge is -2.34. The number of benzene rings is 1. The van der Waals surface area contributed by atoms with Crippen molar-refractivity contribution in [2.45, 2.75) is 19.9 Å². The molecule has 5 rings (SSSR count). The van der Waals surface area contributed by atoms with Gasteiger partial charge in [-0.2, -0.15) is 9.29 Å². The van der Waals surface area contributed by atoms with E-state index in [9.17, 15) is 12.8 Å². The van der Waals surface area contributed by atoms with Gasteiger partial charge in [0, 0.05) is 37.8 Å². The summed E-state index contributed by atoms with van der Waals surface area (Å²) >= 11 is 0.